The van der Waals surface area contributed by atoms with Gasteiger partial charge in [0.05, 0.1) is 19.8 Å². The predicted octanol–water partition coefficient (Wildman–Crippen LogP) is 10.1. The highest BCUT2D eigenvalue weighted by Crippen LogP contribution is 2.22. The number of unbranched alkanes of at least 4 members (excludes halogenated alkanes) is 19. The van der Waals surface area contributed by atoms with Gasteiger partial charge in [0.15, 0.2) is 6.29 Å². The van der Waals surface area contributed by atoms with Crippen molar-refractivity contribution in [1.82, 2.24) is 0 Å². The van der Waals surface area contributed by atoms with Crippen LogP contribution in [0.4, 0.5) is 0 Å². The third kappa shape index (κ3) is 29.4. The third-order valence-electron chi connectivity index (χ3n) is 10.2. The zero-order chi connectivity index (χ0) is 40.7. The van der Waals surface area contributed by atoms with Crippen LogP contribution in [0, 0.1) is 0 Å². The molecule has 9 nitrogen and oxygen atoms in total. The summed E-state index contributed by atoms with van der Waals surface area (Å²) in [5.41, 5.74) is 0. The second kappa shape index (κ2) is 38.7. The Bertz CT molecular complexity index is 994. The fraction of sp³-hybridized carbons (Fsp3) is 0.809. The molecule has 0 amide bonds. The van der Waals surface area contributed by atoms with Gasteiger partial charge in [-0.15, -0.1) is 0 Å². The molecule has 326 valence electrons. The Morgan fingerprint density at radius 2 is 1.04 bits per heavy atom. The molecule has 1 aliphatic rings. The highest BCUT2D eigenvalue weighted by atomic mass is 16.7. The zero-order valence-corrected chi connectivity index (χ0v) is 35.6. The first-order valence-electron chi connectivity index (χ1n) is 22.7. The first-order chi connectivity index (χ1) is 27.4. The van der Waals surface area contributed by atoms with Crippen molar-refractivity contribution in [3.05, 3.63) is 48.6 Å². The first kappa shape index (κ1) is 52.2. The Morgan fingerprint density at radius 1 is 0.571 bits per heavy atom. The number of rotatable bonds is 38. The lowest BCUT2D eigenvalue weighted by Gasteiger charge is -2.39. The summed E-state index contributed by atoms with van der Waals surface area (Å²) < 4.78 is 22.8. The van der Waals surface area contributed by atoms with Gasteiger partial charge >= 0.3 is 5.97 Å². The molecule has 0 aromatic rings. The molecule has 0 aromatic carbocycles. The van der Waals surface area contributed by atoms with Gasteiger partial charge in [0, 0.05) is 13.0 Å². The van der Waals surface area contributed by atoms with Gasteiger partial charge in [0.25, 0.3) is 0 Å². The SMILES string of the molecule is CCCCC/C=C\C/C=C\CCCCCCCCCC(=O)OC(COCCCCCCCC/C=C\C/C=C\CCCCC)COC1OC(CO)C(O)C(O)C1O. The number of allylic oxidation sites excluding steroid dienone is 8. The van der Waals surface area contributed by atoms with E-state index in [0.29, 0.717) is 13.0 Å². The molecule has 56 heavy (non-hydrogen) atoms. The molecule has 0 bridgehead atoms. The normalized spacial score (nSPS) is 21.0. The largest absolute Gasteiger partial charge is 0.457 e. The van der Waals surface area contributed by atoms with Crippen molar-refractivity contribution >= 4 is 5.97 Å². The van der Waals surface area contributed by atoms with Crippen molar-refractivity contribution in [2.24, 2.45) is 0 Å². The number of aliphatic hydroxyl groups excluding tert-OH is 4. The summed E-state index contributed by atoms with van der Waals surface area (Å²) in [5.74, 6) is -0.327. The van der Waals surface area contributed by atoms with Gasteiger partial charge < -0.3 is 39.4 Å². The van der Waals surface area contributed by atoms with Crippen LogP contribution in [0.2, 0.25) is 0 Å². The van der Waals surface area contributed by atoms with Crippen LogP contribution in [-0.4, -0.2) is 89.6 Å². The minimum atomic E-state index is -1.54. The molecule has 1 aliphatic heterocycles. The van der Waals surface area contributed by atoms with E-state index in [1.54, 1.807) is 0 Å². The number of hydrogen-bond acceptors (Lipinski definition) is 9. The lowest BCUT2D eigenvalue weighted by atomic mass is 9.99. The Balaban J connectivity index is 2.28. The molecule has 6 unspecified atom stereocenters. The predicted molar refractivity (Wildman–Crippen MR) is 228 cm³/mol. The van der Waals surface area contributed by atoms with Gasteiger partial charge in [-0.1, -0.05) is 146 Å². The van der Waals surface area contributed by atoms with Crippen molar-refractivity contribution in [3.8, 4) is 0 Å². The summed E-state index contributed by atoms with van der Waals surface area (Å²) in [7, 11) is 0. The Morgan fingerprint density at radius 3 is 1.54 bits per heavy atom. The summed E-state index contributed by atoms with van der Waals surface area (Å²) in [6.45, 7) is 4.47. The molecule has 0 radical (unpaired) electrons. The van der Waals surface area contributed by atoms with Crippen LogP contribution in [0.15, 0.2) is 48.6 Å². The van der Waals surface area contributed by atoms with Gasteiger partial charge in [-0.25, -0.2) is 0 Å². The molecule has 9 heteroatoms. The van der Waals surface area contributed by atoms with E-state index in [9.17, 15) is 25.2 Å². The Hall–Kier alpha value is -1.85. The molecule has 4 N–H and O–H groups in total. The molecular formula is C47H84O9. The summed E-state index contributed by atoms with van der Waals surface area (Å²) in [6, 6.07) is 0. The third-order valence-corrected chi connectivity index (χ3v) is 10.2. The van der Waals surface area contributed by atoms with Gasteiger partial charge in [-0.2, -0.15) is 0 Å². The molecule has 1 fully saturated rings. The number of aliphatic hydroxyl groups is 4. The highest BCUT2D eigenvalue weighted by molar-refractivity contribution is 5.69. The maximum atomic E-state index is 12.8. The van der Waals surface area contributed by atoms with Crippen molar-refractivity contribution in [3.63, 3.8) is 0 Å². The number of carbonyl (C=O) groups excluding carboxylic acids is 1. The van der Waals surface area contributed by atoms with E-state index < -0.39 is 43.4 Å². The van der Waals surface area contributed by atoms with Crippen molar-refractivity contribution in [2.45, 2.75) is 218 Å². The minimum Gasteiger partial charge on any atom is -0.457 e. The van der Waals surface area contributed by atoms with E-state index in [2.05, 4.69) is 62.5 Å². The van der Waals surface area contributed by atoms with E-state index in [-0.39, 0.29) is 19.2 Å². The zero-order valence-electron chi connectivity index (χ0n) is 35.6. The van der Waals surface area contributed by atoms with E-state index >= 15 is 0 Å². The second-order valence-corrected chi connectivity index (χ2v) is 15.5. The molecule has 0 aliphatic carbocycles. The van der Waals surface area contributed by atoms with E-state index in [1.165, 1.54) is 89.9 Å². The molecule has 6 atom stereocenters. The van der Waals surface area contributed by atoms with Crippen LogP contribution in [0.5, 0.6) is 0 Å². The smallest absolute Gasteiger partial charge is 0.306 e. The van der Waals surface area contributed by atoms with Gasteiger partial charge in [0.1, 0.15) is 30.5 Å². The number of carbonyl (C=O) groups is 1. The standard InChI is InChI=1S/C47H84O9/c1-3-5-7-9-11-13-15-17-19-21-22-24-26-28-30-32-34-36-43(49)55-41(40-54-47-46(52)45(51)44(50)42(38-48)56-47)39-53-37-35-33-31-29-27-25-23-20-18-16-14-12-10-8-6-4-2/h11-14,17-20,41-42,44-48,50-52H,3-10,15-16,21-40H2,1-2H3/b13-11-,14-12-,19-17-,20-18-. The van der Waals surface area contributed by atoms with Crippen LogP contribution < -0.4 is 0 Å². The summed E-state index contributed by atoms with van der Waals surface area (Å²) >= 11 is 0. The summed E-state index contributed by atoms with van der Waals surface area (Å²) in [6.07, 6.45) is 39.8. The fourth-order valence-corrected chi connectivity index (χ4v) is 6.61. The molecule has 0 spiro atoms. The van der Waals surface area contributed by atoms with Gasteiger partial charge in [0.2, 0.25) is 0 Å². The Kier molecular flexibility index (Phi) is 36.0. The minimum absolute atomic E-state index is 0.122. The van der Waals surface area contributed by atoms with E-state index in [0.717, 1.165) is 70.6 Å². The van der Waals surface area contributed by atoms with Crippen molar-refractivity contribution in [2.75, 3.05) is 26.4 Å². The number of esters is 1. The highest BCUT2D eigenvalue weighted by Gasteiger charge is 2.44. The first-order valence-corrected chi connectivity index (χ1v) is 22.7. The second-order valence-electron chi connectivity index (χ2n) is 15.5. The topological polar surface area (TPSA) is 135 Å². The summed E-state index contributed by atoms with van der Waals surface area (Å²) in [5, 5.41) is 40.1. The van der Waals surface area contributed by atoms with Gasteiger partial charge in [-0.05, 0) is 77.0 Å². The average molecular weight is 793 g/mol. The molecular weight excluding hydrogens is 709 g/mol. The van der Waals surface area contributed by atoms with Crippen LogP contribution in [0.1, 0.15) is 181 Å². The maximum Gasteiger partial charge on any atom is 0.306 e. The van der Waals surface area contributed by atoms with E-state index in [1.807, 2.05) is 0 Å². The lowest BCUT2D eigenvalue weighted by Crippen LogP contribution is -2.59. The average Bonchev–Trinajstić information content (AvgIpc) is 3.20. The molecule has 0 saturated carbocycles. The number of hydrogen-bond donors (Lipinski definition) is 4. The molecule has 0 aromatic heterocycles. The molecule has 1 heterocycles. The van der Waals surface area contributed by atoms with E-state index in [4.69, 9.17) is 18.9 Å². The summed E-state index contributed by atoms with van der Waals surface area (Å²) in [4.78, 5) is 12.8. The van der Waals surface area contributed by atoms with Crippen LogP contribution in [0.25, 0.3) is 0 Å². The molecule has 1 saturated heterocycles. The monoisotopic (exact) mass is 793 g/mol. The van der Waals surface area contributed by atoms with Gasteiger partial charge in [-0.3, -0.25) is 4.79 Å². The molecule has 1 rings (SSSR count). The van der Waals surface area contributed by atoms with Crippen molar-refractivity contribution in [1.29, 1.82) is 0 Å². The maximum absolute atomic E-state index is 12.8. The quantitative estimate of drug-likeness (QED) is 0.0274. The number of ether oxygens (including phenoxy) is 4. The van der Waals surface area contributed by atoms with Crippen molar-refractivity contribution < 1.29 is 44.2 Å². The Labute approximate surface area is 342 Å². The van der Waals surface area contributed by atoms with Crippen LogP contribution in [0.3, 0.4) is 0 Å². The van der Waals surface area contributed by atoms with Crippen LogP contribution in [-0.2, 0) is 23.7 Å². The fourth-order valence-electron chi connectivity index (χ4n) is 6.61. The lowest BCUT2D eigenvalue weighted by molar-refractivity contribution is -0.305. The van der Waals surface area contributed by atoms with Crippen LogP contribution >= 0.6 is 0 Å².